The normalized spacial score (nSPS) is 10.9. The third-order valence-electron chi connectivity index (χ3n) is 3.17. The third kappa shape index (κ3) is 14.0. The fourth-order valence-corrected chi connectivity index (χ4v) is 2.06. The Morgan fingerprint density at radius 2 is 1.19 bits per heavy atom. The Kier molecular flexibility index (Phi) is 15.0. The van der Waals surface area contributed by atoms with Crippen LogP contribution in [0.5, 0.6) is 0 Å². The van der Waals surface area contributed by atoms with Crippen LogP contribution in [0.15, 0.2) is 0 Å². The lowest BCUT2D eigenvalue weighted by molar-refractivity contribution is 0.554. The zero-order valence-corrected chi connectivity index (χ0v) is 11.5. The molecule has 0 rings (SSSR count). The summed E-state index contributed by atoms with van der Waals surface area (Å²) in [6.07, 6.45) is 20.4. The minimum absolute atomic E-state index is 1.07. The number of unbranched alkanes of at least 4 members (excludes halogenated alkanes) is 13. The van der Waals surface area contributed by atoms with E-state index >= 15 is 0 Å². The summed E-state index contributed by atoms with van der Waals surface area (Å²) in [5.74, 6) is 0. The molecular formula is C16H32. The Morgan fingerprint density at radius 1 is 0.688 bits per heavy atom. The molecule has 0 atom stereocenters. The molecule has 0 saturated heterocycles. The topological polar surface area (TPSA) is 0 Å². The van der Waals surface area contributed by atoms with E-state index in [-0.39, 0.29) is 0 Å². The van der Waals surface area contributed by atoms with Crippen LogP contribution in [-0.2, 0) is 0 Å². The second-order valence-electron chi connectivity index (χ2n) is 4.90. The van der Waals surface area contributed by atoms with E-state index in [0.717, 1.165) is 6.42 Å². The maximum atomic E-state index is 3.84. The van der Waals surface area contributed by atoms with Crippen molar-refractivity contribution in [1.29, 1.82) is 0 Å². The molecule has 0 aliphatic rings. The summed E-state index contributed by atoms with van der Waals surface area (Å²) in [7, 11) is 0. The Morgan fingerprint density at radius 3 is 1.69 bits per heavy atom. The van der Waals surface area contributed by atoms with E-state index in [9.17, 15) is 0 Å². The van der Waals surface area contributed by atoms with Crippen molar-refractivity contribution in [2.75, 3.05) is 0 Å². The minimum Gasteiger partial charge on any atom is -0.0654 e. The molecule has 0 bridgehead atoms. The smallest absolute Gasteiger partial charge is 0.0386 e. The lowest BCUT2D eigenvalue weighted by atomic mass is 10.0. The van der Waals surface area contributed by atoms with Gasteiger partial charge in [-0.05, 0) is 6.42 Å². The maximum absolute atomic E-state index is 3.84. The van der Waals surface area contributed by atoms with Gasteiger partial charge in [0.25, 0.3) is 0 Å². The molecule has 0 nitrogen and oxygen atoms in total. The van der Waals surface area contributed by atoms with Crippen LogP contribution in [0.1, 0.15) is 90.4 Å². The molecule has 0 N–H and O–H groups in total. The summed E-state index contributed by atoms with van der Waals surface area (Å²) >= 11 is 0. The van der Waals surface area contributed by atoms with Gasteiger partial charge in [-0.2, -0.15) is 0 Å². The van der Waals surface area contributed by atoms with Crippen molar-refractivity contribution in [2.24, 2.45) is 0 Å². The number of rotatable bonds is 13. The van der Waals surface area contributed by atoms with Crippen LogP contribution in [0, 0.1) is 13.3 Å². The Labute approximate surface area is 104 Å². The molecule has 0 aliphatic carbocycles. The first kappa shape index (κ1) is 16.0. The largest absolute Gasteiger partial charge is 0.0654 e. The van der Waals surface area contributed by atoms with Crippen molar-refractivity contribution in [3.63, 3.8) is 0 Å². The summed E-state index contributed by atoms with van der Waals surface area (Å²) in [5.41, 5.74) is 0. The summed E-state index contributed by atoms with van der Waals surface area (Å²) in [6, 6.07) is 0. The molecule has 16 heavy (non-hydrogen) atoms. The highest BCUT2D eigenvalue weighted by atomic mass is 14.0. The molecule has 0 heteroatoms. The summed E-state index contributed by atoms with van der Waals surface area (Å²) < 4.78 is 0. The predicted molar refractivity (Wildman–Crippen MR) is 75.4 cm³/mol. The van der Waals surface area contributed by atoms with E-state index < -0.39 is 0 Å². The monoisotopic (exact) mass is 224 g/mol. The Bertz CT molecular complexity index is 92.6. The van der Waals surface area contributed by atoms with Gasteiger partial charge in [0.15, 0.2) is 0 Å². The van der Waals surface area contributed by atoms with Gasteiger partial charge in [0.2, 0.25) is 0 Å². The van der Waals surface area contributed by atoms with E-state index in [1.165, 1.54) is 77.0 Å². The predicted octanol–water partition coefficient (Wildman–Crippen LogP) is 6.12. The van der Waals surface area contributed by atoms with E-state index in [2.05, 4.69) is 20.3 Å². The first-order chi connectivity index (χ1) is 7.91. The third-order valence-corrected chi connectivity index (χ3v) is 3.17. The van der Waals surface area contributed by atoms with Crippen LogP contribution in [0.2, 0.25) is 0 Å². The van der Waals surface area contributed by atoms with Crippen LogP contribution < -0.4 is 0 Å². The number of hydrogen-bond donors (Lipinski definition) is 0. The maximum Gasteiger partial charge on any atom is -0.0386 e. The fraction of sp³-hybridized carbons (Fsp3) is 0.875. The van der Waals surface area contributed by atoms with Crippen molar-refractivity contribution < 1.29 is 0 Å². The van der Waals surface area contributed by atoms with E-state index in [0.29, 0.717) is 0 Å². The van der Waals surface area contributed by atoms with Gasteiger partial charge < -0.3 is 0 Å². The highest BCUT2D eigenvalue weighted by Gasteiger charge is 1.92. The minimum atomic E-state index is 1.07. The number of hydrogen-bond acceptors (Lipinski definition) is 0. The Hall–Kier alpha value is 0. The second kappa shape index (κ2) is 15.0. The molecule has 0 aliphatic heterocycles. The molecule has 0 aromatic rings. The molecule has 0 amide bonds. The molecule has 0 unspecified atom stereocenters. The summed E-state index contributed by atoms with van der Waals surface area (Å²) in [5, 5.41) is 0. The molecule has 96 valence electrons. The van der Waals surface area contributed by atoms with Gasteiger partial charge in [-0.3, -0.25) is 0 Å². The zero-order valence-electron chi connectivity index (χ0n) is 11.5. The average Bonchev–Trinajstić information content (AvgIpc) is 2.31. The highest BCUT2D eigenvalue weighted by Crippen LogP contribution is 2.12. The molecule has 0 saturated carbocycles. The van der Waals surface area contributed by atoms with Crippen LogP contribution in [0.4, 0.5) is 0 Å². The van der Waals surface area contributed by atoms with Gasteiger partial charge in [-0.15, -0.1) is 0 Å². The van der Waals surface area contributed by atoms with Crippen molar-refractivity contribution in [1.82, 2.24) is 0 Å². The average molecular weight is 224 g/mol. The van der Waals surface area contributed by atoms with Gasteiger partial charge in [0.1, 0.15) is 0 Å². The van der Waals surface area contributed by atoms with Crippen molar-refractivity contribution in [3.8, 4) is 0 Å². The molecule has 0 aromatic heterocycles. The Balaban J connectivity index is 2.83. The van der Waals surface area contributed by atoms with Crippen LogP contribution in [-0.4, -0.2) is 0 Å². The summed E-state index contributed by atoms with van der Waals surface area (Å²) in [4.78, 5) is 0. The SMILES string of the molecule is [CH2]CC[CH]CCCCCCCCCCCC. The van der Waals surface area contributed by atoms with Gasteiger partial charge in [0.05, 0.1) is 0 Å². The van der Waals surface area contributed by atoms with Crippen molar-refractivity contribution in [2.45, 2.75) is 90.4 Å². The van der Waals surface area contributed by atoms with Crippen LogP contribution >= 0.6 is 0 Å². The standard InChI is InChI=1S/C16H32/c1-3-5-7-9-11-13-15-16-14-12-10-8-6-4-2/h7H,1,3-6,8-16H2,2H3. The van der Waals surface area contributed by atoms with Crippen LogP contribution in [0.25, 0.3) is 0 Å². The molecule has 2 radical (unpaired) electrons. The van der Waals surface area contributed by atoms with Gasteiger partial charge >= 0.3 is 0 Å². The van der Waals surface area contributed by atoms with Crippen LogP contribution in [0.3, 0.4) is 0 Å². The van der Waals surface area contributed by atoms with Crippen molar-refractivity contribution >= 4 is 0 Å². The molecule has 0 aromatic carbocycles. The first-order valence-corrected chi connectivity index (χ1v) is 7.52. The van der Waals surface area contributed by atoms with Gasteiger partial charge in [-0.1, -0.05) is 97.3 Å². The molecular weight excluding hydrogens is 192 g/mol. The molecule has 0 fully saturated rings. The molecule has 0 spiro atoms. The lowest BCUT2D eigenvalue weighted by Crippen LogP contribution is -1.82. The lowest BCUT2D eigenvalue weighted by Gasteiger charge is -2.02. The second-order valence-corrected chi connectivity index (χ2v) is 4.90. The van der Waals surface area contributed by atoms with E-state index in [4.69, 9.17) is 0 Å². The van der Waals surface area contributed by atoms with Crippen molar-refractivity contribution in [3.05, 3.63) is 13.3 Å². The molecule has 0 heterocycles. The highest BCUT2D eigenvalue weighted by molar-refractivity contribution is 4.64. The van der Waals surface area contributed by atoms with Gasteiger partial charge in [-0.25, -0.2) is 0 Å². The first-order valence-electron chi connectivity index (χ1n) is 7.52. The van der Waals surface area contributed by atoms with Gasteiger partial charge in [0, 0.05) is 0 Å². The van der Waals surface area contributed by atoms with E-state index in [1.54, 1.807) is 0 Å². The quantitative estimate of drug-likeness (QED) is 0.331. The zero-order chi connectivity index (χ0) is 11.9. The fourth-order valence-electron chi connectivity index (χ4n) is 2.06. The summed E-state index contributed by atoms with van der Waals surface area (Å²) in [6.45, 7) is 6.13. The van der Waals surface area contributed by atoms with E-state index in [1.807, 2.05) is 0 Å².